The summed E-state index contributed by atoms with van der Waals surface area (Å²) in [6.45, 7) is 4.27. The van der Waals surface area contributed by atoms with Crippen molar-refractivity contribution in [2.24, 2.45) is 5.73 Å². The molecule has 0 fully saturated rings. The van der Waals surface area contributed by atoms with Crippen LogP contribution in [0.25, 0.3) is 0 Å². The predicted molar refractivity (Wildman–Crippen MR) is 63.9 cm³/mol. The third-order valence-corrected chi connectivity index (χ3v) is 3.25. The van der Waals surface area contributed by atoms with Gasteiger partial charge in [-0.15, -0.1) is 11.8 Å². The molecule has 0 saturated heterocycles. The SMILES string of the molecule is CC(CCO)Sc1cc([C@@H](C)N)ccn1. The average molecular weight is 226 g/mol. The van der Waals surface area contributed by atoms with E-state index in [4.69, 9.17) is 10.8 Å². The quantitative estimate of drug-likeness (QED) is 0.754. The molecule has 3 N–H and O–H groups in total. The summed E-state index contributed by atoms with van der Waals surface area (Å²) in [4.78, 5) is 4.27. The van der Waals surface area contributed by atoms with E-state index in [1.54, 1.807) is 18.0 Å². The van der Waals surface area contributed by atoms with Gasteiger partial charge in [0.25, 0.3) is 0 Å². The molecule has 1 aromatic heterocycles. The van der Waals surface area contributed by atoms with Crippen molar-refractivity contribution < 1.29 is 5.11 Å². The van der Waals surface area contributed by atoms with Crippen LogP contribution in [0.5, 0.6) is 0 Å². The van der Waals surface area contributed by atoms with Crippen molar-refractivity contribution >= 4 is 11.8 Å². The van der Waals surface area contributed by atoms with Gasteiger partial charge in [-0.2, -0.15) is 0 Å². The van der Waals surface area contributed by atoms with Crippen molar-refractivity contribution in [3.63, 3.8) is 0 Å². The van der Waals surface area contributed by atoms with E-state index in [-0.39, 0.29) is 12.6 Å². The number of pyridine rings is 1. The van der Waals surface area contributed by atoms with Crippen LogP contribution in [-0.4, -0.2) is 21.9 Å². The van der Waals surface area contributed by atoms with Gasteiger partial charge in [0.2, 0.25) is 0 Å². The molecule has 2 atom stereocenters. The molecule has 0 bridgehead atoms. The lowest BCUT2D eigenvalue weighted by Crippen LogP contribution is -2.06. The number of aliphatic hydroxyl groups excluding tert-OH is 1. The number of rotatable bonds is 5. The summed E-state index contributed by atoms with van der Waals surface area (Å²) in [6.07, 6.45) is 2.57. The second-order valence-electron chi connectivity index (χ2n) is 3.66. The molecule has 0 radical (unpaired) electrons. The Balaban J connectivity index is 2.65. The topological polar surface area (TPSA) is 59.1 Å². The first-order valence-electron chi connectivity index (χ1n) is 5.12. The van der Waals surface area contributed by atoms with Crippen LogP contribution in [0.4, 0.5) is 0 Å². The van der Waals surface area contributed by atoms with E-state index in [1.807, 2.05) is 19.1 Å². The third-order valence-electron chi connectivity index (χ3n) is 2.14. The van der Waals surface area contributed by atoms with Crippen LogP contribution >= 0.6 is 11.8 Å². The molecule has 1 aromatic rings. The van der Waals surface area contributed by atoms with Crippen molar-refractivity contribution in [1.29, 1.82) is 0 Å². The molecular weight excluding hydrogens is 208 g/mol. The van der Waals surface area contributed by atoms with Crippen molar-refractivity contribution in [2.45, 2.75) is 36.6 Å². The Morgan fingerprint density at radius 2 is 2.27 bits per heavy atom. The highest BCUT2D eigenvalue weighted by Gasteiger charge is 2.06. The first kappa shape index (κ1) is 12.5. The Morgan fingerprint density at radius 1 is 1.53 bits per heavy atom. The molecule has 84 valence electrons. The molecule has 0 aliphatic heterocycles. The van der Waals surface area contributed by atoms with Crippen LogP contribution in [-0.2, 0) is 0 Å². The fourth-order valence-electron chi connectivity index (χ4n) is 1.22. The summed E-state index contributed by atoms with van der Waals surface area (Å²) in [5, 5.41) is 10.2. The molecule has 0 saturated carbocycles. The van der Waals surface area contributed by atoms with E-state index in [0.29, 0.717) is 5.25 Å². The van der Waals surface area contributed by atoms with Crippen molar-refractivity contribution in [2.75, 3.05) is 6.61 Å². The Morgan fingerprint density at radius 3 is 2.87 bits per heavy atom. The van der Waals surface area contributed by atoms with Crippen molar-refractivity contribution in [1.82, 2.24) is 4.98 Å². The maximum atomic E-state index is 8.80. The average Bonchev–Trinajstić information content (AvgIpc) is 2.18. The van der Waals surface area contributed by atoms with Gasteiger partial charge in [0, 0.05) is 24.1 Å². The van der Waals surface area contributed by atoms with Crippen molar-refractivity contribution in [3.05, 3.63) is 23.9 Å². The van der Waals surface area contributed by atoms with Crippen LogP contribution in [0.1, 0.15) is 31.9 Å². The summed E-state index contributed by atoms with van der Waals surface area (Å²) in [7, 11) is 0. The number of hydrogen-bond donors (Lipinski definition) is 2. The highest BCUT2D eigenvalue weighted by Crippen LogP contribution is 2.24. The Kier molecular flexibility index (Phi) is 5.08. The van der Waals surface area contributed by atoms with Gasteiger partial charge >= 0.3 is 0 Å². The number of nitrogens with zero attached hydrogens (tertiary/aromatic N) is 1. The lowest BCUT2D eigenvalue weighted by molar-refractivity contribution is 0.289. The molecule has 1 rings (SSSR count). The van der Waals surface area contributed by atoms with E-state index in [0.717, 1.165) is 17.0 Å². The van der Waals surface area contributed by atoms with Crippen LogP contribution in [0, 0.1) is 0 Å². The maximum absolute atomic E-state index is 8.80. The highest BCUT2D eigenvalue weighted by atomic mass is 32.2. The van der Waals surface area contributed by atoms with E-state index in [9.17, 15) is 0 Å². The molecule has 15 heavy (non-hydrogen) atoms. The van der Waals surface area contributed by atoms with Gasteiger partial charge in [0.1, 0.15) is 0 Å². The summed E-state index contributed by atoms with van der Waals surface area (Å²) in [5.74, 6) is 0. The van der Waals surface area contributed by atoms with E-state index >= 15 is 0 Å². The monoisotopic (exact) mass is 226 g/mol. The van der Waals surface area contributed by atoms with Crippen LogP contribution < -0.4 is 5.73 Å². The molecule has 0 amide bonds. The molecule has 0 aromatic carbocycles. The Labute approximate surface area is 95.1 Å². The van der Waals surface area contributed by atoms with Gasteiger partial charge in [0.05, 0.1) is 5.03 Å². The normalized spacial score (nSPS) is 14.9. The molecule has 0 aliphatic carbocycles. The second kappa shape index (κ2) is 6.10. The molecule has 3 nitrogen and oxygen atoms in total. The molecule has 0 spiro atoms. The Hall–Kier alpha value is -0.580. The van der Waals surface area contributed by atoms with Gasteiger partial charge < -0.3 is 10.8 Å². The molecular formula is C11H18N2OS. The number of aromatic nitrogens is 1. The van der Waals surface area contributed by atoms with Crippen LogP contribution in [0.2, 0.25) is 0 Å². The summed E-state index contributed by atoms with van der Waals surface area (Å²) in [5.41, 5.74) is 6.90. The Bertz CT molecular complexity index is 304. The number of nitrogens with two attached hydrogens (primary N) is 1. The minimum atomic E-state index is 0.0421. The van der Waals surface area contributed by atoms with E-state index in [1.165, 1.54) is 0 Å². The molecule has 1 heterocycles. The standard InChI is InChI=1S/C11H18N2OS/c1-8(4-6-14)15-11-7-10(9(2)12)3-5-13-11/h3,5,7-9,14H,4,6,12H2,1-2H3/t8?,9-/m1/s1. The minimum Gasteiger partial charge on any atom is -0.396 e. The lowest BCUT2D eigenvalue weighted by atomic mass is 10.1. The zero-order valence-electron chi connectivity index (χ0n) is 9.18. The summed E-state index contributed by atoms with van der Waals surface area (Å²) < 4.78 is 0. The van der Waals surface area contributed by atoms with Gasteiger partial charge in [-0.25, -0.2) is 4.98 Å². The smallest absolute Gasteiger partial charge is 0.0965 e. The lowest BCUT2D eigenvalue weighted by Gasteiger charge is -2.10. The molecule has 1 unspecified atom stereocenters. The highest BCUT2D eigenvalue weighted by molar-refractivity contribution is 7.99. The molecule has 4 heteroatoms. The second-order valence-corrected chi connectivity index (χ2v) is 5.12. The van der Waals surface area contributed by atoms with E-state index < -0.39 is 0 Å². The zero-order valence-corrected chi connectivity index (χ0v) is 10.00. The van der Waals surface area contributed by atoms with Crippen molar-refractivity contribution in [3.8, 4) is 0 Å². The van der Waals surface area contributed by atoms with Crippen LogP contribution in [0.15, 0.2) is 23.4 Å². The summed E-state index contributed by atoms with van der Waals surface area (Å²) in [6, 6.07) is 4.00. The fourth-order valence-corrected chi connectivity index (χ4v) is 2.18. The maximum Gasteiger partial charge on any atom is 0.0965 e. The van der Waals surface area contributed by atoms with Gasteiger partial charge in [-0.05, 0) is 31.0 Å². The number of thioether (sulfide) groups is 1. The van der Waals surface area contributed by atoms with Gasteiger partial charge in [-0.1, -0.05) is 6.92 Å². The minimum absolute atomic E-state index is 0.0421. The van der Waals surface area contributed by atoms with Crippen LogP contribution in [0.3, 0.4) is 0 Å². The number of hydrogen-bond acceptors (Lipinski definition) is 4. The summed E-state index contributed by atoms with van der Waals surface area (Å²) >= 11 is 1.67. The largest absolute Gasteiger partial charge is 0.396 e. The fraction of sp³-hybridized carbons (Fsp3) is 0.545. The first-order chi connectivity index (χ1) is 7.13. The van der Waals surface area contributed by atoms with E-state index in [2.05, 4.69) is 11.9 Å². The predicted octanol–water partition coefficient (Wildman–Crippen LogP) is 1.96. The first-order valence-corrected chi connectivity index (χ1v) is 6.00. The van der Waals surface area contributed by atoms with Gasteiger partial charge in [-0.3, -0.25) is 0 Å². The number of aliphatic hydroxyl groups is 1. The third kappa shape index (κ3) is 4.20. The zero-order chi connectivity index (χ0) is 11.3. The van der Waals surface area contributed by atoms with Gasteiger partial charge in [0.15, 0.2) is 0 Å². The molecule has 0 aliphatic rings.